The zero-order valence-electron chi connectivity index (χ0n) is 12.8. The van der Waals surface area contributed by atoms with Gasteiger partial charge in [-0.2, -0.15) is 11.8 Å². The quantitative estimate of drug-likeness (QED) is 0.874. The summed E-state index contributed by atoms with van der Waals surface area (Å²) in [6, 6.07) is 8.89. The lowest BCUT2D eigenvalue weighted by Gasteiger charge is -2.42. The number of hydrogen-bond donors (Lipinski definition) is 1. The van der Waals surface area contributed by atoms with Gasteiger partial charge in [0.15, 0.2) is 0 Å². The molecule has 2 N–H and O–H groups in total. The molecule has 1 aliphatic rings. The Morgan fingerprint density at radius 1 is 1.45 bits per heavy atom. The second-order valence-electron chi connectivity index (χ2n) is 5.82. The van der Waals surface area contributed by atoms with Gasteiger partial charge in [-0.15, -0.1) is 0 Å². The minimum atomic E-state index is -0.0236. The van der Waals surface area contributed by atoms with Crippen LogP contribution in [0.4, 0.5) is 0 Å². The molecule has 0 radical (unpaired) electrons. The number of likely N-dealkylation sites (N-methyl/N-ethyl adjacent to an activating group) is 1. The van der Waals surface area contributed by atoms with Gasteiger partial charge in [0.2, 0.25) is 0 Å². The average Bonchev–Trinajstić information content (AvgIpc) is 3.01. The molecule has 1 aromatic rings. The monoisotopic (exact) mass is 294 g/mol. The third-order valence-corrected chi connectivity index (χ3v) is 5.65. The molecule has 1 fully saturated rings. The van der Waals surface area contributed by atoms with E-state index in [0.717, 1.165) is 12.2 Å². The number of rotatable bonds is 6. The van der Waals surface area contributed by atoms with Crippen LogP contribution in [0, 0.1) is 0 Å². The SMILES string of the molecule is COc1ccccc1CC(C)(CN)N(C)C1CCSC1. The summed E-state index contributed by atoms with van der Waals surface area (Å²) >= 11 is 2.04. The van der Waals surface area contributed by atoms with Gasteiger partial charge in [-0.05, 0) is 44.2 Å². The van der Waals surface area contributed by atoms with Crippen LogP contribution in [0.2, 0.25) is 0 Å². The summed E-state index contributed by atoms with van der Waals surface area (Å²) in [4.78, 5) is 2.49. The summed E-state index contributed by atoms with van der Waals surface area (Å²) < 4.78 is 5.48. The molecule has 112 valence electrons. The first-order valence-corrected chi connectivity index (χ1v) is 8.39. The fourth-order valence-corrected chi connectivity index (χ4v) is 4.14. The predicted molar refractivity (Wildman–Crippen MR) is 87.7 cm³/mol. The zero-order chi connectivity index (χ0) is 14.6. The van der Waals surface area contributed by atoms with Crippen LogP contribution in [-0.4, -0.2) is 48.7 Å². The van der Waals surface area contributed by atoms with Crippen LogP contribution in [0.5, 0.6) is 5.75 Å². The van der Waals surface area contributed by atoms with Gasteiger partial charge >= 0.3 is 0 Å². The number of hydrogen-bond acceptors (Lipinski definition) is 4. The molecule has 1 heterocycles. The number of ether oxygens (including phenoxy) is 1. The van der Waals surface area contributed by atoms with Crippen LogP contribution in [0.15, 0.2) is 24.3 Å². The van der Waals surface area contributed by atoms with Crippen molar-refractivity contribution in [2.75, 3.05) is 32.2 Å². The third kappa shape index (κ3) is 3.30. The molecule has 0 bridgehead atoms. The highest BCUT2D eigenvalue weighted by Gasteiger charge is 2.34. The van der Waals surface area contributed by atoms with Crippen LogP contribution in [0.3, 0.4) is 0 Å². The molecule has 2 rings (SSSR count). The third-order valence-electron chi connectivity index (χ3n) is 4.51. The molecular formula is C16H26N2OS. The molecule has 0 aliphatic carbocycles. The lowest BCUT2D eigenvalue weighted by atomic mass is 9.89. The van der Waals surface area contributed by atoms with Crippen molar-refractivity contribution in [3.63, 3.8) is 0 Å². The summed E-state index contributed by atoms with van der Waals surface area (Å²) in [5, 5.41) is 0. The van der Waals surface area contributed by atoms with E-state index in [1.54, 1.807) is 7.11 Å². The Hall–Kier alpha value is -0.710. The number of nitrogens with two attached hydrogens (primary N) is 1. The Balaban J connectivity index is 2.17. The molecule has 3 nitrogen and oxygen atoms in total. The molecule has 2 atom stereocenters. The molecule has 0 aromatic heterocycles. The first-order chi connectivity index (χ1) is 9.60. The van der Waals surface area contributed by atoms with E-state index < -0.39 is 0 Å². The van der Waals surface area contributed by atoms with Gasteiger partial charge in [0.05, 0.1) is 7.11 Å². The number of benzene rings is 1. The first-order valence-electron chi connectivity index (χ1n) is 7.23. The highest BCUT2D eigenvalue weighted by atomic mass is 32.2. The minimum Gasteiger partial charge on any atom is -0.496 e. The predicted octanol–water partition coefficient (Wildman–Crippen LogP) is 2.39. The fourth-order valence-electron chi connectivity index (χ4n) is 2.87. The van der Waals surface area contributed by atoms with Crippen molar-refractivity contribution >= 4 is 11.8 Å². The number of para-hydroxylation sites is 1. The van der Waals surface area contributed by atoms with Gasteiger partial charge in [-0.3, -0.25) is 4.90 Å². The van der Waals surface area contributed by atoms with E-state index in [0.29, 0.717) is 12.6 Å². The summed E-state index contributed by atoms with van der Waals surface area (Å²) in [6.45, 7) is 2.92. The molecule has 4 heteroatoms. The molecule has 1 saturated heterocycles. The molecule has 0 amide bonds. The summed E-state index contributed by atoms with van der Waals surface area (Å²) in [5.74, 6) is 3.45. The lowest BCUT2D eigenvalue weighted by Crippen LogP contribution is -2.55. The first kappa shape index (κ1) is 15.7. The highest BCUT2D eigenvalue weighted by Crippen LogP contribution is 2.30. The van der Waals surface area contributed by atoms with Crippen molar-refractivity contribution in [3.05, 3.63) is 29.8 Å². The van der Waals surface area contributed by atoms with Gasteiger partial charge in [0, 0.05) is 23.9 Å². The van der Waals surface area contributed by atoms with E-state index >= 15 is 0 Å². The Morgan fingerprint density at radius 2 is 2.20 bits per heavy atom. The van der Waals surface area contributed by atoms with Crippen molar-refractivity contribution in [2.45, 2.75) is 31.3 Å². The average molecular weight is 294 g/mol. The van der Waals surface area contributed by atoms with Crippen LogP contribution in [0.1, 0.15) is 18.9 Å². The molecule has 20 heavy (non-hydrogen) atoms. The minimum absolute atomic E-state index is 0.0236. The van der Waals surface area contributed by atoms with Crippen molar-refractivity contribution < 1.29 is 4.74 Å². The Morgan fingerprint density at radius 3 is 2.80 bits per heavy atom. The van der Waals surface area contributed by atoms with E-state index in [9.17, 15) is 0 Å². The van der Waals surface area contributed by atoms with Gasteiger partial charge < -0.3 is 10.5 Å². The van der Waals surface area contributed by atoms with E-state index in [2.05, 4.69) is 31.0 Å². The van der Waals surface area contributed by atoms with E-state index in [-0.39, 0.29) is 5.54 Å². The second kappa shape index (κ2) is 6.83. The molecule has 0 saturated carbocycles. The fraction of sp³-hybridized carbons (Fsp3) is 0.625. The smallest absolute Gasteiger partial charge is 0.122 e. The van der Waals surface area contributed by atoms with E-state index in [4.69, 9.17) is 10.5 Å². The zero-order valence-corrected chi connectivity index (χ0v) is 13.6. The van der Waals surface area contributed by atoms with Gasteiger partial charge in [-0.1, -0.05) is 18.2 Å². The summed E-state index contributed by atoms with van der Waals surface area (Å²) in [7, 11) is 3.95. The Kier molecular flexibility index (Phi) is 5.35. The molecular weight excluding hydrogens is 268 g/mol. The van der Waals surface area contributed by atoms with Crippen LogP contribution < -0.4 is 10.5 Å². The van der Waals surface area contributed by atoms with Crippen molar-refractivity contribution in [1.29, 1.82) is 0 Å². The normalized spacial score (nSPS) is 21.9. The lowest BCUT2D eigenvalue weighted by molar-refractivity contribution is 0.103. The molecule has 1 aliphatic heterocycles. The van der Waals surface area contributed by atoms with Crippen LogP contribution >= 0.6 is 11.8 Å². The van der Waals surface area contributed by atoms with Gasteiger partial charge in [0.1, 0.15) is 5.75 Å². The van der Waals surface area contributed by atoms with Crippen molar-refractivity contribution in [2.24, 2.45) is 5.73 Å². The number of thioether (sulfide) groups is 1. The topological polar surface area (TPSA) is 38.5 Å². The maximum absolute atomic E-state index is 6.13. The maximum Gasteiger partial charge on any atom is 0.122 e. The van der Waals surface area contributed by atoms with E-state index in [1.807, 2.05) is 23.9 Å². The summed E-state index contributed by atoms with van der Waals surface area (Å²) in [5.41, 5.74) is 7.34. The highest BCUT2D eigenvalue weighted by molar-refractivity contribution is 7.99. The second-order valence-corrected chi connectivity index (χ2v) is 6.97. The summed E-state index contributed by atoms with van der Waals surface area (Å²) in [6.07, 6.45) is 2.19. The Bertz CT molecular complexity index is 434. The number of nitrogens with zero attached hydrogens (tertiary/aromatic N) is 1. The molecule has 1 aromatic carbocycles. The molecule has 0 spiro atoms. The largest absolute Gasteiger partial charge is 0.496 e. The van der Waals surface area contributed by atoms with Gasteiger partial charge in [-0.25, -0.2) is 0 Å². The van der Waals surface area contributed by atoms with Crippen LogP contribution in [-0.2, 0) is 6.42 Å². The van der Waals surface area contributed by atoms with Gasteiger partial charge in [0.25, 0.3) is 0 Å². The maximum atomic E-state index is 6.13. The van der Waals surface area contributed by atoms with Crippen molar-refractivity contribution in [3.8, 4) is 5.75 Å². The number of methoxy groups -OCH3 is 1. The molecule has 2 unspecified atom stereocenters. The van der Waals surface area contributed by atoms with Crippen molar-refractivity contribution in [1.82, 2.24) is 4.90 Å². The Labute approximate surface area is 126 Å². The van der Waals surface area contributed by atoms with E-state index in [1.165, 1.54) is 23.5 Å². The van der Waals surface area contributed by atoms with Crippen LogP contribution in [0.25, 0.3) is 0 Å². The standard InChI is InChI=1S/C16H26N2OS/c1-16(12-17,18(2)14-8-9-20-11-14)10-13-6-4-5-7-15(13)19-3/h4-7,14H,8-12,17H2,1-3H3.